The Morgan fingerprint density at radius 1 is 1.48 bits per heavy atom. The molecule has 1 amide bonds. The number of nitrogens with zero attached hydrogens (tertiary/aromatic N) is 3. The largest absolute Gasteiger partial charge is 0.357 e. The van der Waals surface area contributed by atoms with Crippen LogP contribution in [0, 0.1) is 11.3 Å². The second-order valence-corrected chi connectivity index (χ2v) is 6.17. The standard InChI is InChI=1S/C18H18ClN5O.H2/c1-2-3-7-24(8-5-20)18(25)15-9-12(10-22-15)16-13-4-6-21-17(13)23-11-14(16)19;/h4,6,9-11,22H,2-3,7-8H2,1H3,(H,21,23);1H. The summed E-state index contributed by atoms with van der Waals surface area (Å²) in [4.78, 5) is 24.5. The molecule has 25 heavy (non-hydrogen) atoms. The molecule has 7 heteroatoms. The number of nitriles is 1. The highest BCUT2D eigenvalue weighted by Gasteiger charge is 2.19. The Labute approximate surface area is 151 Å². The van der Waals surface area contributed by atoms with Crippen LogP contribution in [0.4, 0.5) is 0 Å². The van der Waals surface area contributed by atoms with Crippen LogP contribution in [0.25, 0.3) is 22.2 Å². The number of carbonyl (C=O) groups excluding carboxylic acids is 1. The molecule has 0 fully saturated rings. The molecule has 2 N–H and O–H groups in total. The Morgan fingerprint density at radius 3 is 3.08 bits per heavy atom. The minimum atomic E-state index is -0.184. The minimum Gasteiger partial charge on any atom is -0.357 e. The van der Waals surface area contributed by atoms with Crippen LogP contribution < -0.4 is 0 Å². The lowest BCUT2D eigenvalue weighted by Crippen LogP contribution is -2.32. The van der Waals surface area contributed by atoms with Crippen molar-refractivity contribution in [3.8, 4) is 17.2 Å². The van der Waals surface area contributed by atoms with Gasteiger partial charge in [-0.3, -0.25) is 4.79 Å². The summed E-state index contributed by atoms with van der Waals surface area (Å²) in [7, 11) is 0. The first-order valence-electron chi connectivity index (χ1n) is 8.12. The minimum absolute atomic E-state index is 0. The molecule has 3 aromatic heterocycles. The van der Waals surface area contributed by atoms with E-state index in [0.29, 0.717) is 17.3 Å². The molecule has 0 aliphatic carbocycles. The molecular weight excluding hydrogens is 338 g/mol. The van der Waals surface area contributed by atoms with E-state index in [9.17, 15) is 4.79 Å². The number of rotatable bonds is 6. The van der Waals surface area contributed by atoms with Crippen LogP contribution in [0.1, 0.15) is 31.7 Å². The quantitative estimate of drug-likeness (QED) is 0.647. The van der Waals surface area contributed by atoms with E-state index in [2.05, 4.69) is 27.9 Å². The van der Waals surface area contributed by atoms with Gasteiger partial charge in [-0.2, -0.15) is 5.26 Å². The van der Waals surface area contributed by atoms with Crippen molar-refractivity contribution >= 4 is 28.5 Å². The van der Waals surface area contributed by atoms with E-state index in [4.69, 9.17) is 16.9 Å². The van der Waals surface area contributed by atoms with E-state index in [1.54, 1.807) is 29.6 Å². The fourth-order valence-corrected chi connectivity index (χ4v) is 3.06. The number of hydrogen-bond donors (Lipinski definition) is 2. The molecule has 0 radical (unpaired) electrons. The van der Waals surface area contributed by atoms with E-state index in [-0.39, 0.29) is 13.9 Å². The second kappa shape index (κ2) is 7.41. The van der Waals surface area contributed by atoms with Gasteiger partial charge in [-0.15, -0.1) is 0 Å². The first-order chi connectivity index (χ1) is 12.2. The molecule has 3 aromatic rings. The molecule has 0 aliphatic rings. The Hall–Kier alpha value is -2.78. The van der Waals surface area contributed by atoms with Crippen LogP contribution in [-0.4, -0.2) is 38.8 Å². The number of fused-ring (bicyclic) bond motifs is 1. The van der Waals surface area contributed by atoms with Crippen molar-refractivity contribution in [1.29, 1.82) is 5.26 Å². The number of pyridine rings is 1. The molecule has 0 bridgehead atoms. The summed E-state index contributed by atoms with van der Waals surface area (Å²) < 4.78 is 0. The van der Waals surface area contributed by atoms with E-state index >= 15 is 0 Å². The van der Waals surface area contributed by atoms with Gasteiger partial charge in [0.05, 0.1) is 11.1 Å². The molecular formula is C18H20ClN5O. The molecule has 0 aliphatic heterocycles. The van der Waals surface area contributed by atoms with Crippen LogP contribution in [-0.2, 0) is 0 Å². The predicted octanol–water partition coefficient (Wildman–Crippen LogP) is 4.22. The van der Waals surface area contributed by atoms with Gasteiger partial charge in [0, 0.05) is 43.1 Å². The van der Waals surface area contributed by atoms with E-state index < -0.39 is 0 Å². The van der Waals surface area contributed by atoms with Crippen LogP contribution in [0.2, 0.25) is 5.02 Å². The van der Waals surface area contributed by atoms with Crippen molar-refractivity contribution in [1.82, 2.24) is 19.9 Å². The number of nitrogens with one attached hydrogen (secondary N) is 2. The van der Waals surface area contributed by atoms with Crippen molar-refractivity contribution in [3.05, 3.63) is 41.4 Å². The summed E-state index contributed by atoms with van der Waals surface area (Å²) in [5.74, 6) is -0.184. The summed E-state index contributed by atoms with van der Waals surface area (Å²) >= 11 is 6.34. The Bertz CT molecular complexity index is 943. The normalized spacial score (nSPS) is 10.8. The predicted molar refractivity (Wildman–Crippen MR) is 99.4 cm³/mol. The van der Waals surface area contributed by atoms with Gasteiger partial charge in [-0.05, 0) is 18.6 Å². The van der Waals surface area contributed by atoms with Crippen molar-refractivity contribution in [2.24, 2.45) is 0 Å². The van der Waals surface area contributed by atoms with Gasteiger partial charge in [-0.1, -0.05) is 24.9 Å². The number of hydrogen-bond acceptors (Lipinski definition) is 3. The Balaban J connectivity index is 0.00000243. The second-order valence-electron chi connectivity index (χ2n) is 5.76. The highest BCUT2D eigenvalue weighted by molar-refractivity contribution is 6.34. The zero-order valence-electron chi connectivity index (χ0n) is 13.8. The van der Waals surface area contributed by atoms with Gasteiger partial charge in [0.15, 0.2) is 0 Å². The van der Waals surface area contributed by atoms with Gasteiger partial charge < -0.3 is 14.9 Å². The third-order valence-electron chi connectivity index (χ3n) is 4.07. The fraction of sp³-hybridized carbons (Fsp3) is 0.278. The Morgan fingerprint density at radius 2 is 2.32 bits per heavy atom. The fourth-order valence-electron chi connectivity index (χ4n) is 2.80. The molecule has 0 saturated heterocycles. The van der Waals surface area contributed by atoms with E-state index in [1.165, 1.54) is 0 Å². The number of H-pyrrole nitrogens is 2. The van der Waals surface area contributed by atoms with Gasteiger partial charge in [0.2, 0.25) is 0 Å². The maximum absolute atomic E-state index is 12.7. The highest BCUT2D eigenvalue weighted by Crippen LogP contribution is 2.34. The molecule has 0 unspecified atom stereocenters. The number of halogens is 1. The van der Waals surface area contributed by atoms with Gasteiger partial charge in [-0.25, -0.2) is 4.98 Å². The molecule has 6 nitrogen and oxygen atoms in total. The van der Waals surface area contributed by atoms with Crippen LogP contribution >= 0.6 is 11.6 Å². The number of aromatic amines is 2. The van der Waals surface area contributed by atoms with Crippen molar-refractivity contribution in [3.63, 3.8) is 0 Å². The summed E-state index contributed by atoms with van der Waals surface area (Å²) in [6.07, 6.45) is 6.97. The van der Waals surface area contributed by atoms with Gasteiger partial charge >= 0.3 is 0 Å². The topological polar surface area (TPSA) is 88.6 Å². The lowest BCUT2D eigenvalue weighted by atomic mass is 10.1. The van der Waals surface area contributed by atoms with Gasteiger partial charge in [0.25, 0.3) is 5.91 Å². The summed E-state index contributed by atoms with van der Waals surface area (Å²) in [5, 5.41) is 10.4. The van der Waals surface area contributed by atoms with Crippen molar-refractivity contribution in [2.75, 3.05) is 13.1 Å². The Kier molecular flexibility index (Phi) is 5.05. The number of carbonyl (C=O) groups is 1. The molecule has 0 aromatic carbocycles. The average molecular weight is 358 g/mol. The third kappa shape index (κ3) is 3.37. The zero-order chi connectivity index (χ0) is 17.8. The van der Waals surface area contributed by atoms with E-state index in [1.807, 2.05) is 6.07 Å². The summed E-state index contributed by atoms with van der Waals surface area (Å²) in [6.45, 7) is 2.69. The average Bonchev–Trinajstić information content (AvgIpc) is 3.27. The first-order valence-corrected chi connectivity index (χ1v) is 8.50. The van der Waals surface area contributed by atoms with Crippen molar-refractivity contribution in [2.45, 2.75) is 19.8 Å². The smallest absolute Gasteiger partial charge is 0.271 e. The first kappa shape index (κ1) is 17.1. The molecule has 3 heterocycles. The van der Waals surface area contributed by atoms with E-state index in [0.717, 1.165) is 35.0 Å². The maximum atomic E-state index is 12.7. The summed E-state index contributed by atoms with van der Waals surface area (Å²) in [5.41, 5.74) is 2.82. The number of unbranched alkanes of at least 4 members (excludes halogenated alkanes) is 1. The lowest BCUT2D eigenvalue weighted by Gasteiger charge is -2.18. The van der Waals surface area contributed by atoms with Crippen LogP contribution in [0.15, 0.2) is 30.7 Å². The summed E-state index contributed by atoms with van der Waals surface area (Å²) in [6, 6.07) is 5.73. The monoisotopic (exact) mass is 357 g/mol. The van der Waals surface area contributed by atoms with Crippen LogP contribution in [0.5, 0.6) is 0 Å². The van der Waals surface area contributed by atoms with Crippen LogP contribution in [0.3, 0.4) is 0 Å². The number of aromatic nitrogens is 3. The molecule has 3 rings (SSSR count). The zero-order valence-corrected chi connectivity index (χ0v) is 14.6. The maximum Gasteiger partial charge on any atom is 0.271 e. The third-order valence-corrected chi connectivity index (χ3v) is 4.36. The van der Waals surface area contributed by atoms with Gasteiger partial charge in [0.1, 0.15) is 17.9 Å². The molecule has 0 spiro atoms. The molecule has 0 atom stereocenters. The highest BCUT2D eigenvalue weighted by atomic mass is 35.5. The lowest BCUT2D eigenvalue weighted by molar-refractivity contribution is 0.0769. The molecule has 0 saturated carbocycles. The number of amides is 1. The molecule has 130 valence electrons. The SMILES string of the molecule is CCCCN(CC#N)C(=O)c1cc(-c2c(Cl)cnc3[nH]ccc23)c[nH]1.[HH]. The van der Waals surface area contributed by atoms with Crippen molar-refractivity contribution < 1.29 is 6.22 Å².